The molecule has 2 aromatic rings. The average molecular weight is 592 g/mol. The van der Waals surface area contributed by atoms with Gasteiger partial charge in [-0.15, -0.1) is 22.9 Å². The van der Waals surface area contributed by atoms with Crippen molar-refractivity contribution in [1.29, 1.82) is 0 Å². The molecule has 0 spiro atoms. The van der Waals surface area contributed by atoms with E-state index < -0.39 is 35.3 Å². The number of benzene rings is 1. The number of rotatable bonds is 7. The van der Waals surface area contributed by atoms with E-state index in [4.69, 9.17) is 21.3 Å². The number of Topliss-reactive ketones (excluding diaryl/α,β-unsaturated/α-hetero) is 1. The summed E-state index contributed by atoms with van der Waals surface area (Å²) in [5, 5.41) is 3.15. The van der Waals surface area contributed by atoms with Crippen molar-refractivity contribution in [1.82, 2.24) is 20.1 Å². The monoisotopic (exact) mass is 591 g/mol. The fourth-order valence-corrected chi connectivity index (χ4v) is 6.91. The number of aromatic nitrogens is 1. The Labute approximate surface area is 242 Å². The summed E-state index contributed by atoms with van der Waals surface area (Å²) in [5.41, 5.74) is 1.00. The molecule has 12 heteroatoms. The maximum atomic E-state index is 15.4. The molecule has 40 heavy (non-hydrogen) atoms. The number of fused-ring (bicyclic) bond motifs is 1. The van der Waals surface area contributed by atoms with Crippen LogP contribution in [0.3, 0.4) is 0 Å². The van der Waals surface area contributed by atoms with Gasteiger partial charge in [0.2, 0.25) is 5.91 Å². The lowest BCUT2D eigenvalue weighted by molar-refractivity contribution is -0.138. The van der Waals surface area contributed by atoms with Gasteiger partial charge in [0.15, 0.2) is 10.9 Å². The first-order valence-corrected chi connectivity index (χ1v) is 14.9. The predicted molar refractivity (Wildman–Crippen MR) is 153 cm³/mol. The summed E-state index contributed by atoms with van der Waals surface area (Å²) in [6.45, 7) is 9.51. The van der Waals surface area contributed by atoms with Crippen LogP contribution in [0.4, 0.5) is 9.52 Å². The zero-order valence-electron chi connectivity index (χ0n) is 23.2. The molecule has 0 saturated carbocycles. The Morgan fingerprint density at radius 2 is 1.98 bits per heavy atom. The fourth-order valence-electron chi connectivity index (χ4n) is 5.57. The lowest BCUT2D eigenvalue weighted by Gasteiger charge is -2.32. The molecule has 3 fully saturated rings. The molecule has 216 valence electrons. The molecule has 4 unspecified atom stereocenters. The number of hydrogen-bond donors (Lipinski definition) is 1. The number of alkyl halides is 1. The van der Waals surface area contributed by atoms with Gasteiger partial charge in [-0.25, -0.2) is 9.37 Å². The van der Waals surface area contributed by atoms with Crippen molar-refractivity contribution in [3.63, 3.8) is 0 Å². The number of ether oxygens (including phenoxy) is 1. The summed E-state index contributed by atoms with van der Waals surface area (Å²) in [4.78, 5) is 50.7. The minimum atomic E-state index is -0.891. The van der Waals surface area contributed by atoms with Crippen LogP contribution in [0.25, 0.3) is 11.3 Å². The third-order valence-corrected chi connectivity index (χ3v) is 9.18. The first kappa shape index (κ1) is 28.9. The van der Waals surface area contributed by atoms with Crippen molar-refractivity contribution in [2.45, 2.75) is 50.8 Å². The number of hydrogen-bond acceptors (Lipinski definition) is 8. The van der Waals surface area contributed by atoms with Crippen molar-refractivity contribution in [2.75, 3.05) is 51.3 Å². The molecule has 0 radical (unpaired) electrons. The van der Waals surface area contributed by atoms with Crippen molar-refractivity contribution in [2.24, 2.45) is 5.92 Å². The van der Waals surface area contributed by atoms with Gasteiger partial charge in [-0.2, -0.15) is 0 Å². The first-order valence-electron chi connectivity index (χ1n) is 13.6. The number of nitrogens with zero attached hydrogens (tertiary/aromatic N) is 4. The molecule has 0 aliphatic carbocycles. The van der Waals surface area contributed by atoms with Crippen LogP contribution in [-0.2, 0) is 14.3 Å². The number of thiazole rings is 1. The highest BCUT2D eigenvalue weighted by Crippen LogP contribution is 2.35. The molecule has 1 aromatic heterocycles. The predicted octanol–water partition coefficient (Wildman–Crippen LogP) is 2.94. The summed E-state index contributed by atoms with van der Waals surface area (Å²) < 4.78 is 20.9. The number of halogens is 2. The molecule has 9 nitrogen and oxygen atoms in total. The van der Waals surface area contributed by atoms with Gasteiger partial charge in [0.05, 0.1) is 11.1 Å². The Bertz CT molecular complexity index is 1300. The van der Waals surface area contributed by atoms with Crippen LogP contribution in [0.5, 0.6) is 0 Å². The van der Waals surface area contributed by atoms with E-state index in [0.29, 0.717) is 17.7 Å². The smallest absolute Gasteiger partial charge is 0.252 e. The van der Waals surface area contributed by atoms with Gasteiger partial charge in [-0.05, 0) is 44.5 Å². The van der Waals surface area contributed by atoms with E-state index in [2.05, 4.69) is 22.2 Å². The molecule has 2 amide bonds. The van der Waals surface area contributed by atoms with Gasteiger partial charge in [-0.3, -0.25) is 14.4 Å². The first-order chi connectivity index (χ1) is 19.0. The molecule has 4 heterocycles. The molecule has 3 saturated heterocycles. The number of carbonyl (C=O) groups is 3. The van der Waals surface area contributed by atoms with Crippen LogP contribution in [0.15, 0.2) is 18.2 Å². The van der Waals surface area contributed by atoms with Crippen LogP contribution >= 0.6 is 22.9 Å². The summed E-state index contributed by atoms with van der Waals surface area (Å²) in [6, 6.07) is 2.67. The number of anilines is 1. The van der Waals surface area contributed by atoms with E-state index in [1.165, 1.54) is 22.3 Å². The quantitative estimate of drug-likeness (QED) is 0.495. The number of ketones is 1. The highest BCUT2D eigenvalue weighted by Gasteiger charge is 2.52. The molecule has 3 aliphatic heterocycles. The number of nitrogens with one attached hydrogen (secondary N) is 1. The van der Waals surface area contributed by atoms with Gasteiger partial charge in [0.25, 0.3) is 5.91 Å². The minimum Gasteiger partial charge on any atom is -0.366 e. The summed E-state index contributed by atoms with van der Waals surface area (Å²) in [6.07, 6.45) is -0.185. The molecule has 0 bridgehead atoms. The standard InChI is InChI=1S/C28H35ClFN5O4S/c1-15(2)11-21(27(38)35-13-19(29)25-24(35)22(36)14-39-25)31-26(37)17-5-6-18(20(30)12-17)23-16(3)40-28(32-23)34-9-7-33(4)8-10-34/h5-6,12,15,19,21,24-25H,7-11,13-14H2,1-4H3,(H,31,37). The highest BCUT2D eigenvalue weighted by atomic mass is 35.5. The van der Waals surface area contributed by atoms with Gasteiger partial charge < -0.3 is 24.8 Å². The number of piperazine rings is 1. The molecule has 3 aliphatic rings. The van der Waals surface area contributed by atoms with E-state index in [-0.39, 0.29) is 36.3 Å². The van der Waals surface area contributed by atoms with Crippen molar-refractivity contribution in [3.8, 4) is 11.3 Å². The Hall–Kier alpha value is -2.60. The van der Waals surface area contributed by atoms with Crippen LogP contribution < -0.4 is 10.2 Å². The van der Waals surface area contributed by atoms with Crippen LogP contribution in [-0.4, -0.2) is 102 Å². The number of aryl methyl sites for hydroxylation is 1. The number of likely N-dealkylation sites (N-methyl/N-ethyl adjacent to an activating group) is 1. The SMILES string of the molecule is Cc1sc(N2CCN(C)CC2)nc1-c1ccc(C(=O)NC(CC(C)C)C(=O)N2CC(Cl)C3OCC(=O)C32)cc1F. The molecule has 5 rings (SSSR count). The highest BCUT2D eigenvalue weighted by molar-refractivity contribution is 7.16. The van der Waals surface area contributed by atoms with Crippen LogP contribution in [0, 0.1) is 18.7 Å². The Morgan fingerprint density at radius 3 is 2.65 bits per heavy atom. The second-order valence-electron chi connectivity index (χ2n) is 11.2. The molecule has 1 aromatic carbocycles. The zero-order valence-corrected chi connectivity index (χ0v) is 24.7. The van der Waals surface area contributed by atoms with Crippen molar-refractivity contribution >= 4 is 45.7 Å². The number of amides is 2. The third kappa shape index (κ3) is 5.74. The summed E-state index contributed by atoms with van der Waals surface area (Å²) >= 11 is 7.90. The van der Waals surface area contributed by atoms with Crippen molar-refractivity contribution in [3.05, 3.63) is 34.5 Å². The second-order valence-corrected chi connectivity index (χ2v) is 13.0. The lowest BCUT2D eigenvalue weighted by Crippen LogP contribution is -2.52. The Balaban J connectivity index is 1.32. The normalized spacial score (nSPS) is 24.1. The van der Waals surface area contributed by atoms with E-state index in [1.807, 2.05) is 20.8 Å². The lowest BCUT2D eigenvalue weighted by atomic mass is 10.0. The Kier molecular flexibility index (Phi) is 8.47. The van der Waals surface area contributed by atoms with Gasteiger partial charge in [0.1, 0.15) is 30.6 Å². The van der Waals surface area contributed by atoms with E-state index >= 15 is 4.39 Å². The average Bonchev–Trinajstić information content (AvgIpc) is 3.58. The van der Waals surface area contributed by atoms with Gasteiger partial charge in [0, 0.05) is 48.7 Å². The van der Waals surface area contributed by atoms with E-state index in [0.717, 1.165) is 36.2 Å². The molecule has 1 N–H and O–H groups in total. The maximum absolute atomic E-state index is 15.4. The summed E-state index contributed by atoms with van der Waals surface area (Å²) in [7, 11) is 2.09. The van der Waals surface area contributed by atoms with Crippen LogP contribution in [0.2, 0.25) is 0 Å². The fraction of sp³-hybridized carbons (Fsp3) is 0.571. The largest absolute Gasteiger partial charge is 0.366 e. The molecular weight excluding hydrogens is 557 g/mol. The number of carbonyl (C=O) groups excluding carboxylic acids is 3. The topological polar surface area (TPSA) is 95.1 Å². The summed E-state index contributed by atoms with van der Waals surface area (Å²) in [5.74, 6) is -1.62. The molecule has 4 atom stereocenters. The third-order valence-electron chi connectivity index (χ3n) is 7.76. The van der Waals surface area contributed by atoms with Gasteiger partial charge in [-0.1, -0.05) is 13.8 Å². The van der Waals surface area contributed by atoms with Crippen molar-refractivity contribution < 1.29 is 23.5 Å². The van der Waals surface area contributed by atoms with E-state index in [9.17, 15) is 14.4 Å². The minimum absolute atomic E-state index is 0.0789. The molecular formula is C28H35ClFN5O4S. The zero-order chi connectivity index (χ0) is 28.7. The van der Waals surface area contributed by atoms with Gasteiger partial charge >= 0.3 is 0 Å². The van der Waals surface area contributed by atoms with E-state index in [1.54, 1.807) is 12.1 Å². The second kappa shape index (κ2) is 11.7. The van der Waals surface area contributed by atoms with Crippen LogP contribution in [0.1, 0.15) is 35.5 Å². The maximum Gasteiger partial charge on any atom is 0.252 e. The Morgan fingerprint density at radius 1 is 1.25 bits per heavy atom. The number of likely N-dealkylation sites (tertiary alicyclic amines) is 1.